The lowest BCUT2D eigenvalue weighted by molar-refractivity contribution is -0.146. The van der Waals surface area contributed by atoms with Gasteiger partial charge in [-0.15, -0.1) is 0 Å². The highest BCUT2D eigenvalue weighted by atomic mass is 32.2. The van der Waals surface area contributed by atoms with Crippen molar-refractivity contribution in [3.63, 3.8) is 0 Å². The van der Waals surface area contributed by atoms with Crippen molar-refractivity contribution in [2.45, 2.75) is 18.3 Å². The predicted molar refractivity (Wildman–Crippen MR) is 70.0 cm³/mol. The molecule has 0 aromatic heterocycles. The normalized spacial score (nSPS) is 12.6. The van der Waals surface area contributed by atoms with Crippen LogP contribution in [0.2, 0.25) is 0 Å². The number of aliphatic carboxylic acids is 1. The molecule has 0 fully saturated rings. The fourth-order valence-corrected chi connectivity index (χ4v) is 2.68. The van der Waals surface area contributed by atoms with E-state index in [1.165, 1.54) is 12.1 Å². The average molecular weight is 298 g/mol. The second-order valence-corrected chi connectivity index (χ2v) is 5.87. The Hall–Kier alpha value is -1.95. The molecule has 0 aliphatic heterocycles. The van der Waals surface area contributed by atoms with Crippen LogP contribution in [0.3, 0.4) is 0 Å². The fraction of sp³-hybridized carbons (Fsp3) is 0.333. The minimum absolute atomic E-state index is 0.190. The predicted octanol–water partition coefficient (Wildman–Crippen LogP) is -0.187. The summed E-state index contributed by atoms with van der Waals surface area (Å²) in [5.41, 5.74) is 0.629. The Morgan fingerprint density at radius 2 is 2.05 bits per heavy atom. The summed E-state index contributed by atoms with van der Waals surface area (Å²) in [5, 5.41) is 26.3. The molecule has 0 saturated heterocycles. The zero-order valence-electron chi connectivity index (χ0n) is 10.5. The van der Waals surface area contributed by atoms with Crippen LogP contribution in [0.5, 0.6) is 0 Å². The summed E-state index contributed by atoms with van der Waals surface area (Å²) < 4.78 is 25.7. The highest BCUT2D eigenvalue weighted by Crippen LogP contribution is 2.10. The molecule has 8 heteroatoms. The van der Waals surface area contributed by atoms with Crippen molar-refractivity contribution >= 4 is 16.0 Å². The lowest BCUT2D eigenvalue weighted by Gasteiger charge is -2.09. The van der Waals surface area contributed by atoms with Gasteiger partial charge in [-0.3, -0.25) is 0 Å². The van der Waals surface area contributed by atoms with Gasteiger partial charge in [0.05, 0.1) is 17.4 Å². The van der Waals surface area contributed by atoms with E-state index in [1.807, 2.05) is 6.07 Å². The number of benzene rings is 1. The first-order chi connectivity index (χ1) is 9.35. The van der Waals surface area contributed by atoms with Gasteiger partial charge in [0, 0.05) is 6.54 Å². The molecule has 1 aromatic carbocycles. The van der Waals surface area contributed by atoms with Gasteiger partial charge in [0.1, 0.15) is 0 Å². The van der Waals surface area contributed by atoms with Gasteiger partial charge < -0.3 is 10.2 Å². The fourth-order valence-electron chi connectivity index (χ4n) is 1.49. The lowest BCUT2D eigenvalue weighted by Crippen LogP contribution is -2.31. The van der Waals surface area contributed by atoms with Crippen molar-refractivity contribution in [2.75, 3.05) is 6.54 Å². The number of carboxylic acids is 1. The molecule has 1 unspecified atom stereocenters. The summed E-state index contributed by atoms with van der Waals surface area (Å²) in [5.74, 6) is -1.78. The third-order valence-corrected chi connectivity index (χ3v) is 3.84. The monoisotopic (exact) mass is 298 g/mol. The van der Waals surface area contributed by atoms with Crippen LogP contribution >= 0.6 is 0 Å². The highest BCUT2D eigenvalue weighted by molar-refractivity contribution is 7.88. The number of rotatable bonds is 7. The van der Waals surface area contributed by atoms with Crippen LogP contribution in [0.4, 0.5) is 0 Å². The Kier molecular flexibility index (Phi) is 5.64. The largest absolute Gasteiger partial charge is 0.479 e. The topological polar surface area (TPSA) is 127 Å². The number of carbonyl (C=O) groups is 1. The molecule has 0 spiro atoms. The first kappa shape index (κ1) is 16.1. The van der Waals surface area contributed by atoms with Gasteiger partial charge in [-0.25, -0.2) is 17.9 Å². The molecule has 0 bridgehead atoms. The van der Waals surface area contributed by atoms with Crippen LogP contribution in [0.1, 0.15) is 17.5 Å². The molecule has 0 heterocycles. The van der Waals surface area contributed by atoms with Crippen LogP contribution in [-0.2, 0) is 20.6 Å². The number of sulfonamides is 1. The zero-order valence-corrected chi connectivity index (χ0v) is 11.3. The second-order valence-electron chi connectivity index (χ2n) is 4.07. The van der Waals surface area contributed by atoms with Gasteiger partial charge in [-0.05, 0) is 18.1 Å². The zero-order chi connectivity index (χ0) is 15.2. The number of hydrogen-bond acceptors (Lipinski definition) is 5. The van der Waals surface area contributed by atoms with Crippen molar-refractivity contribution in [1.82, 2.24) is 4.72 Å². The van der Waals surface area contributed by atoms with Crippen molar-refractivity contribution in [1.29, 1.82) is 5.26 Å². The Balaban J connectivity index is 2.62. The molecule has 0 saturated carbocycles. The average Bonchev–Trinajstić information content (AvgIpc) is 2.38. The van der Waals surface area contributed by atoms with E-state index in [1.54, 1.807) is 12.1 Å². The number of carboxylic acid groups (broad SMARTS) is 1. The Labute approximate surface area is 116 Å². The summed E-state index contributed by atoms with van der Waals surface area (Å²) in [6.45, 7) is -0.190. The molecule has 1 aromatic rings. The van der Waals surface area contributed by atoms with E-state index in [2.05, 4.69) is 4.72 Å². The molecular formula is C12H14N2O5S. The molecule has 3 N–H and O–H groups in total. The van der Waals surface area contributed by atoms with Crippen LogP contribution in [0, 0.1) is 11.3 Å². The van der Waals surface area contributed by atoms with Crippen molar-refractivity contribution < 1.29 is 23.4 Å². The molecule has 0 aliphatic carbocycles. The van der Waals surface area contributed by atoms with Gasteiger partial charge >= 0.3 is 5.97 Å². The summed E-state index contributed by atoms with van der Waals surface area (Å²) in [7, 11) is -3.69. The SMILES string of the molecule is N#Cc1ccccc1CS(=O)(=O)NCCC(O)C(=O)O. The molecule has 0 amide bonds. The minimum Gasteiger partial charge on any atom is -0.479 e. The number of aliphatic hydroxyl groups excluding tert-OH is 1. The lowest BCUT2D eigenvalue weighted by atomic mass is 10.1. The van der Waals surface area contributed by atoms with E-state index in [-0.39, 0.29) is 24.3 Å². The number of aliphatic hydroxyl groups is 1. The number of nitrogens with zero attached hydrogens (tertiary/aromatic N) is 1. The van der Waals surface area contributed by atoms with Crippen LogP contribution in [0.25, 0.3) is 0 Å². The maximum Gasteiger partial charge on any atom is 0.332 e. The maximum absolute atomic E-state index is 11.8. The van der Waals surface area contributed by atoms with E-state index in [0.717, 1.165) is 0 Å². The van der Waals surface area contributed by atoms with Crippen LogP contribution < -0.4 is 4.72 Å². The Bertz CT molecular complexity index is 621. The van der Waals surface area contributed by atoms with Crippen LogP contribution in [0.15, 0.2) is 24.3 Å². The first-order valence-corrected chi connectivity index (χ1v) is 7.37. The summed E-state index contributed by atoms with van der Waals surface area (Å²) in [6.07, 6.45) is -1.84. The number of nitriles is 1. The minimum atomic E-state index is -3.69. The van der Waals surface area contributed by atoms with Crippen molar-refractivity contribution in [2.24, 2.45) is 0 Å². The van der Waals surface area contributed by atoms with E-state index in [9.17, 15) is 13.2 Å². The van der Waals surface area contributed by atoms with Crippen molar-refractivity contribution in [3.8, 4) is 6.07 Å². The van der Waals surface area contributed by atoms with E-state index < -0.39 is 22.1 Å². The molecule has 108 valence electrons. The second kappa shape index (κ2) is 7.00. The number of nitrogens with one attached hydrogen (secondary N) is 1. The summed E-state index contributed by atoms with van der Waals surface area (Å²) >= 11 is 0. The maximum atomic E-state index is 11.8. The first-order valence-electron chi connectivity index (χ1n) is 5.72. The number of hydrogen-bond donors (Lipinski definition) is 3. The smallest absolute Gasteiger partial charge is 0.332 e. The van der Waals surface area contributed by atoms with Gasteiger partial charge in [-0.1, -0.05) is 18.2 Å². The van der Waals surface area contributed by atoms with Gasteiger partial charge in [0.2, 0.25) is 10.0 Å². The third-order valence-electron chi connectivity index (χ3n) is 2.51. The molecule has 0 aliphatic rings. The summed E-state index contributed by atoms with van der Waals surface area (Å²) in [6, 6.07) is 8.20. The van der Waals surface area contributed by atoms with E-state index >= 15 is 0 Å². The molecule has 0 radical (unpaired) electrons. The summed E-state index contributed by atoms with van der Waals surface area (Å²) in [4.78, 5) is 10.4. The highest BCUT2D eigenvalue weighted by Gasteiger charge is 2.17. The molecule has 7 nitrogen and oxygen atoms in total. The molecule has 20 heavy (non-hydrogen) atoms. The van der Waals surface area contributed by atoms with Crippen molar-refractivity contribution in [3.05, 3.63) is 35.4 Å². The molecule has 1 rings (SSSR count). The van der Waals surface area contributed by atoms with Gasteiger partial charge in [0.15, 0.2) is 6.10 Å². The van der Waals surface area contributed by atoms with Gasteiger partial charge in [-0.2, -0.15) is 5.26 Å². The standard InChI is InChI=1S/C12H14N2O5S/c13-7-9-3-1-2-4-10(9)8-20(18,19)14-6-5-11(15)12(16)17/h1-4,11,14-15H,5-6,8H2,(H,16,17). The molecule has 1 atom stereocenters. The third kappa shape index (κ3) is 4.97. The quantitative estimate of drug-likeness (QED) is 0.640. The van der Waals surface area contributed by atoms with Gasteiger partial charge in [0.25, 0.3) is 0 Å². The van der Waals surface area contributed by atoms with E-state index in [0.29, 0.717) is 5.56 Å². The van der Waals surface area contributed by atoms with E-state index in [4.69, 9.17) is 15.5 Å². The molecular weight excluding hydrogens is 284 g/mol. The van der Waals surface area contributed by atoms with Crippen LogP contribution in [-0.4, -0.2) is 37.2 Å². The Morgan fingerprint density at radius 3 is 2.65 bits per heavy atom. The Morgan fingerprint density at radius 1 is 1.40 bits per heavy atom.